The van der Waals surface area contributed by atoms with Crippen LogP contribution in [-0.2, 0) is 11.3 Å². The Hall–Kier alpha value is -2.04. The maximum Gasteiger partial charge on any atom is 0.262 e. The first-order valence-electron chi connectivity index (χ1n) is 8.32. The van der Waals surface area contributed by atoms with Crippen LogP contribution in [0.5, 0.6) is 0 Å². The number of ether oxygens (including phenoxy) is 1. The van der Waals surface area contributed by atoms with Crippen molar-refractivity contribution in [2.24, 2.45) is 0 Å². The number of anilines is 1. The van der Waals surface area contributed by atoms with Crippen molar-refractivity contribution in [1.29, 1.82) is 0 Å². The molecular weight excluding hydrogens is 477 g/mol. The minimum absolute atomic E-state index is 0.172. The molecule has 0 saturated carbocycles. The molecule has 1 amide bonds. The molecule has 0 fully saturated rings. The van der Waals surface area contributed by atoms with Crippen LogP contribution in [-0.4, -0.2) is 29.2 Å². The quantitative estimate of drug-likeness (QED) is 0.309. The van der Waals surface area contributed by atoms with E-state index in [1.807, 2.05) is 24.3 Å². The zero-order valence-electron chi connectivity index (χ0n) is 14.6. The number of nitrogens with one attached hydrogen (secondary N) is 2. The Morgan fingerprint density at radius 1 is 1.30 bits per heavy atom. The van der Waals surface area contributed by atoms with Gasteiger partial charge in [0.05, 0.1) is 10.9 Å². The van der Waals surface area contributed by atoms with E-state index >= 15 is 0 Å². The van der Waals surface area contributed by atoms with Crippen LogP contribution in [0.1, 0.15) is 16.8 Å². The number of hydrogen-bond donors (Lipinski definition) is 2. The van der Waals surface area contributed by atoms with Crippen LogP contribution in [0.25, 0.3) is 10.9 Å². The van der Waals surface area contributed by atoms with Crippen LogP contribution >= 0.6 is 34.8 Å². The number of nitrogens with zero attached hydrogens (tertiary/aromatic N) is 1. The Balaban J connectivity index is 1.91. The summed E-state index contributed by atoms with van der Waals surface area (Å²) in [5.74, 6) is -0.248. The van der Waals surface area contributed by atoms with E-state index in [0.29, 0.717) is 46.5 Å². The highest BCUT2D eigenvalue weighted by Gasteiger charge is 2.11. The number of fused-ring (bicyclic) bond motifs is 1. The van der Waals surface area contributed by atoms with Crippen molar-refractivity contribution < 1.29 is 9.53 Å². The van der Waals surface area contributed by atoms with Gasteiger partial charge in [-0.1, -0.05) is 6.07 Å². The third-order valence-corrected chi connectivity index (χ3v) is 5.05. The van der Waals surface area contributed by atoms with Gasteiger partial charge >= 0.3 is 0 Å². The first-order chi connectivity index (χ1) is 13.0. The number of halogens is 1. The van der Waals surface area contributed by atoms with Crippen LogP contribution in [0, 0.1) is 8.34 Å². The second kappa shape index (κ2) is 8.77. The predicted octanol–water partition coefficient (Wildman–Crippen LogP) is 3.95. The average molecular weight is 495 g/mol. The molecule has 2 aromatic carbocycles. The van der Waals surface area contributed by atoms with Crippen molar-refractivity contribution in [2.45, 2.75) is 13.0 Å². The SMILES string of the molecule is COCCCn1c(=S)[nH]c2cc(C(=O)Nc3cccc(I)c3)ccc2c1=O. The molecule has 0 unspecified atom stereocenters. The molecule has 3 rings (SSSR count). The summed E-state index contributed by atoms with van der Waals surface area (Å²) in [5, 5.41) is 3.35. The standard InChI is InChI=1S/C19H18IN3O3S/c1-26-9-3-8-23-18(25)15-7-6-12(10-16(15)22-19(23)27)17(24)21-14-5-2-4-13(20)11-14/h2,4-7,10-11H,3,8-9H2,1H3,(H,21,24)(H,22,27). The molecule has 0 aliphatic rings. The number of benzene rings is 2. The summed E-state index contributed by atoms with van der Waals surface area (Å²) in [6.45, 7) is 1.03. The lowest BCUT2D eigenvalue weighted by Crippen LogP contribution is -2.23. The number of carbonyl (C=O) groups excluding carboxylic acids is 1. The fourth-order valence-electron chi connectivity index (χ4n) is 2.74. The number of aromatic amines is 1. The van der Waals surface area contributed by atoms with Crippen LogP contribution in [0.4, 0.5) is 5.69 Å². The molecule has 0 bridgehead atoms. The first kappa shape index (κ1) is 19.7. The fraction of sp³-hybridized carbons (Fsp3) is 0.211. The van der Waals surface area contributed by atoms with Gasteiger partial charge in [0.1, 0.15) is 0 Å². The van der Waals surface area contributed by atoms with Gasteiger partial charge in [-0.2, -0.15) is 0 Å². The van der Waals surface area contributed by atoms with Gasteiger partial charge in [-0.15, -0.1) is 0 Å². The minimum Gasteiger partial charge on any atom is -0.385 e. The summed E-state index contributed by atoms with van der Waals surface area (Å²) in [6, 6.07) is 12.5. The first-order valence-corrected chi connectivity index (χ1v) is 9.81. The predicted molar refractivity (Wildman–Crippen MR) is 117 cm³/mol. The van der Waals surface area contributed by atoms with E-state index in [2.05, 4.69) is 32.9 Å². The lowest BCUT2D eigenvalue weighted by Gasteiger charge is -2.09. The van der Waals surface area contributed by atoms with Crippen molar-refractivity contribution in [1.82, 2.24) is 9.55 Å². The molecular formula is C19H18IN3O3S. The van der Waals surface area contributed by atoms with E-state index in [-0.39, 0.29) is 11.5 Å². The van der Waals surface area contributed by atoms with Crippen molar-refractivity contribution in [3.8, 4) is 0 Å². The average Bonchev–Trinajstić information content (AvgIpc) is 2.64. The molecule has 0 aliphatic heterocycles. The lowest BCUT2D eigenvalue weighted by molar-refractivity contribution is 0.102. The lowest BCUT2D eigenvalue weighted by atomic mass is 10.1. The molecule has 0 aliphatic carbocycles. The Bertz CT molecular complexity index is 1110. The summed E-state index contributed by atoms with van der Waals surface area (Å²) in [5.41, 5.74) is 1.54. The van der Waals surface area contributed by atoms with E-state index in [4.69, 9.17) is 17.0 Å². The Morgan fingerprint density at radius 3 is 2.85 bits per heavy atom. The second-order valence-corrected chi connectivity index (χ2v) is 7.59. The minimum atomic E-state index is -0.248. The van der Waals surface area contributed by atoms with Crippen molar-refractivity contribution in [3.63, 3.8) is 0 Å². The van der Waals surface area contributed by atoms with Gasteiger partial charge in [-0.05, 0) is 77.6 Å². The number of aromatic nitrogens is 2. The van der Waals surface area contributed by atoms with Gasteiger partial charge < -0.3 is 15.0 Å². The van der Waals surface area contributed by atoms with Crippen LogP contribution in [0.3, 0.4) is 0 Å². The summed E-state index contributed by atoms with van der Waals surface area (Å²) in [6.07, 6.45) is 0.690. The van der Waals surface area contributed by atoms with E-state index in [1.165, 1.54) is 4.57 Å². The molecule has 8 heteroatoms. The normalized spacial score (nSPS) is 10.9. The van der Waals surface area contributed by atoms with E-state index < -0.39 is 0 Å². The van der Waals surface area contributed by atoms with Crippen LogP contribution in [0.2, 0.25) is 0 Å². The number of rotatable bonds is 6. The molecule has 140 valence electrons. The maximum atomic E-state index is 12.7. The Morgan fingerprint density at radius 2 is 2.11 bits per heavy atom. The highest BCUT2D eigenvalue weighted by atomic mass is 127. The molecule has 6 nitrogen and oxygen atoms in total. The number of amides is 1. The van der Waals surface area contributed by atoms with Gasteiger partial charge in [0.2, 0.25) is 0 Å². The van der Waals surface area contributed by atoms with Gasteiger partial charge in [0, 0.05) is 35.1 Å². The maximum absolute atomic E-state index is 12.7. The molecule has 0 radical (unpaired) electrons. The van der Waals surface area contributed by atoms with Gasteiger partial charge in [-0.25, -0.2) is 0 Å². The van der Waals surface area contributed by atoms with Crippen LogP contribution < -0.4 is 10.9 Å². The van der Waals surface area contributed by atoms with E-state index in [0.717, 1.165) is 3.57 Å². The molecule has 3 aromatic rings. The number of hydrogen-bond acceptors (Lipinski definition) is 4. The molecule has 0 saturated heterocycles. The zero-order valence-corrected chi connectivity index (χ0v) is 17.6. The van der Waals surface area contributed by atoms with Crippen molar-refractivity contribution in [2.75, 3.05) is 19.0 Å². The Kier molecular flexibility index (Phi) is 6.40. The zero-order chi connectivity index (χ0) is 19.4. The summed E-state index contributed by atoms with van der Waals surface area (Å²) in [7, 11) is 1.62. The molecule has 2 N–H and O–H groups in total. The van der Waals surface area contributed by atoms with E-state index in [9.17, 15) is 9.59 Å². The molecule has 0 atom stereocenters. The fourth-order valence-corrected chi connectivity index (χ4v) is 3.56. The number of H-pyrrole nitrogens is 1. The van der Waals surface area contributed by atoms with Gasteiger partial charge in [0.25, 0.3) is 11.5 Å². The highest BCUT2D eigenvalue weighted by molar-refractivity contribution is 14.1. The monoisotopic (exact) mass is 495 g/mol. The Labute approximate surface area is 174 Å². The molecule has 1 aromatic heterocycles. The smallest absolute Gasteiger partial charge is 0.262 e. The van der Waals surface area contributed by atoms with Crippen molar-refractivity contribution >= 4 is 57.3 Å². The number of methoxy groups -OCH3 is 1. The van der Waals surface area contributed by atoms with Crippen LogP contribution in [0.15, 0.2) is 47.3 Å². The van der Waals surface area contributed by atoms with Gasteiger partial charge in [0.15, 0.2) is 4.77 Å². The summed E-state index contributed by atoms with van der Waals surface area (Å²) in [4.78, 5) is 28.3. The highest BCUT2D eigenvalue weighted by Crippen LogP contribution is 2.16. The third-order valence-electron chi connectivity index (χ3n) is 4.06. The largest absolute Gasteiger partial charge is 0.385 e. The number of carbonyl (C=O) groups is 1. The van der Waals surface area contributed by atoms with E-state index in [1.54, 1.807) is 25.3 Å². The second-order valence-electron chi connectivity index (χ2n) is 5.96. The van der Waals surface area contributed by atoms with Gasteiger partial charge in [-0.3, -0.25) is 14.2 Å². The topological polar surface area (TPSA) is 76.1 Å². The molecule has 1 heterocycles. The summed E-state index contributed by atoms with van der Waals surface area (Å²) < 4.78 is 7.90. The third kappa shape index (κ3) is 4.63. The van der Waals surface area contributed by atoms with Crippen molar-refractivity contribution in [3.05, 3.63) is 66.7 Å². The molecule has 27 heavy (non-hydrogen) atoms. The molecule has 0 spiro atoms. The summed E-state index contributed by atoms with van der Waals surface area (Å²) >= 11 is 7.50.